The van der Waals surface area contributed by atoms with E-state index in [4.69, 9.17) is 0 Å². The van der Waals surface area contributed by atoms with E-state index in [2.05, 4.69) is 86.5 Å². The second-order valence-corrected chi connectivity index (χ2v) is 6.42. The van der Waals surface area contributed by atoms with Crippen LogP contribution in [0.3, 0.4) is 0 Å². The van der Waals surface area contributed by atoms with Gasteiger partial charge in [0.1, 0.15) is 0 Å². The quantitative estimate of drug-likeness (QED) is 0.576. The van der Waals surface area contributed by atoms with E-state index in [9.17, 15) is 0 Å². The molecule has 18 heavy (non-hydrogen) atoms. The Balaban J connectivity index is 1.82. The second kappa shape index (κ2) is 7.10. The molecule has 2 aromatic carbocycles. The third kappa shape index (κ3) is 4.25. The standard InChI is InChI=1S/C16H16Br2/c17-15-10-4-6-13(12-15)7-5-11-16(18)14-8-2-1-3-9-14/h1-4,6,8-10,12,16H,5,7,11H2. The molecule has 1 unspecified atom stereocenters. The zero-order valence-electron chi connectivity index (χ0n) is 10.2. The number of hydrogen-bond acceptors (Lipinski definition) is 0. The van der Waals surface area contributed by atoms with Gasteiger partial charge in [-0.1, -0.05) is 74.3 Å². The van der Waals surface area contributed by atoms with E-state index >= 15 is 0 Å². The van der Waals surface area contributed by atoms with Crippen molar-refractivity contribution in [3.63, 3.8) is 0 Å². The van der Waals surface area contributed by atoms with E-state index < -0.39 is 0 Å². The minimum Gasteiger partial charge on any atom is -0.0839 e. The van der Waals surface area contributed by atoms with Gasteiger partial charge in [0.25, 0.3) is 0 Å². The van der Waals surface area contributed by atoms with Crippen molar-refractivity contribution >= 4 is 31.9 Å². The predicted molar refractivity (Wildman–Crippen MR) is 85.2 cm³/mol. The summed E-state index contributed by atoms with van der Waals surface area (Å²) in [6.45, 7) is 0. The van der Waals surface area contributed by atoms with Crippen LogP contribution in [-0.4, -0.2) is 0 Å². The van der Waals surface area contributed by atoms with E-state index in [0.29, 0.717) is 4.83 Å². The number of alkyl halides is 1. The monoisotopic (exact) mass is 366 g/mol. The zero-order chi connectivity index (χ0) is 12.8. The van der Waals surface area contributed by atoms with Gasteiger partial charge in [-0.15, -0.1) is 0 Å². The molecule has 0 aliphatic rings. The van der Waals surface area contributed by atoms with Gasteiger partial charge in [-0.25, -0.2) is 0 Å². The minimum absolute atomic E-state index is 0.464. The minimum atomic E-state index is 0.464. The second-order valence-electron chi connectivity index (χ2n) is 4.40. The zero-order valence-corrected chi connectivity index (χ0v) is 13.3. The van der Waals surface area contributed by atoms with Gasteiger partial charge in [0.15, 0.2) is 0 Å². The molecule has 0 saturated carbocycles. The Morgan fingerprint density at radius 1 is 0.944 bits per heavy atom. The average Bonchev–Trinajstić information content (AvgIpc) is 2.40. The summed E-state index contributed by atoms with van der Waals surface area (Å²) in [5.41, 5.74) is 2.77. The number of halogens is 2. The van der Waals surface area contributed by atoms with E-state index in [0.717, 1.165) is 12.8 Å². The molecule has 0 saturated heterocycles. The molecule has 1 atom stereocenters. The lowest BCUT2D eigenvalue weighted by atomic mass is 10.0. The van der Waals surface area contributed by atoms with Gasteiger partial charge in [-0.2, -0.15) is 0 Å². The highest BCUT2D eigenvalue weighted by Crippen LogP contribution is 2.28. The Morgan fingerprint density at radius 3 is 2.44 bits per heavy atom. The summed E-state index contributed by atoms with van der Waals surface area (Å²) in [5.74, 6) is 0. The Hall–Kier alpha value is -0.600. The molecular weight excluding hydrogens is 352 g/mol. The normalized spacial score (nSPS) is 12.3. The molecule has 0 amide bonds. The fraction of sp³-hybridized carbons (Fsp3) is 0.250. The van der Waals surface area contributed by atoms with Crippen LogP contribution in [0.2, 0.25) is 0 Å². The average molecular weight is 368 g/mol. The third-order valence-electron chi connectivity index (χ3n) is 2.97. The third-order valence-corrected chi connectivity index (χ3v) is 4.45. The first kappa shape index (κ1) is 13.8. The van der Waals surface area contributed by atoms with Crippen molar-refractivity contribution in [2.45, 2.75) is 24.1 Å². The first-order valence-electron chi connectivity index (χ1n) is 6.19. The molecule has 0 bridgehead atoms. The molecule has 2 rings (SSSR count). The molecule has 0 heterocycles. The maximum atomic E-state index is 3.76. The van der Waals surface area contributed by atoms with Crippen LogP contribution in [0.15, 0.2) is 59.1 Å². The number of hydrogen-bond donors (Lipinski definition) is 0. The first-order valence-corrected chi connectivity index (χ1v) is 7.90. The summed E-state index contributed by atoms with van der Waals surface area (Å²) in [6, 6.07) is 19.2. The largest absolute Gasteiger partial charge is 0.0839 e. The Kier molecular flexibility index (Phi) is 5.45. The van der Waals surface area contributed by atoms with Crippen LogP contribution >= 0.6 is 31.9 Å². The summed E-state index contributed by atoms with van der Waals surface area (Å²) < 4.78 is 1.17. The van der Waals surface area contributed by atoms with Crippen molar-refractivity contribution in [1.29, 1.82) is 0 Å². The summed E-state index contributed by atoms with van der Waals surface area (Å²) in [7, 11) is 0. The van der Waals surface area contributed by atoms with Crippen molar-refractivity contribution in [1.82, 2.24) is 0 Å². The summed E-state index contributed by atoms with van der Waals surface area (Å²) in [4.78, 5) is 0.464. The van der Waals surface area contributed by atoms with Crippen LogP contribution < -0.4 is 0 Å². The molecule has 0 nitrogen and oxygen atoms in total. The van der Waals surface area contributed by atoms with Crippen molar-refractivity contribution in [3.05, 3.63) is 70.2 Å². The van der Waals surface area contributed by atoms with Crippen LogP contribution in [0.25, 0.3) is 0 Å². The summed E-state index contributed by atoms with van der Waals surface area (Å²) in [6.07, 6.45) is 3.49. The smallest absolute Gasteiger partial charge is 0.0395 e. The molecule has 0 fully saturated rings. The highest BCUT2D eigenvalue weighted by molar-refractivity contribution is 9.10. The Morgan fingerprint density at radius 2 is 1.72 bits per heavy atom. The van der Waals surface area contributed by atoms with E-state index in [1.165, 1.54) is 22.0 Å². The van der Waals surface area contributed by atoms with Crippen molar-refractivity contribution < 1.29 is 0 Å². The highest BCUT2D eigenvalue weighted by atomic mass is 79.9. The van der Waals surface area contributed by atoms with Gasteiger partial charge in [0.2, 0.25) is 0 Å². The van der Waals surface area contributed by atoms with Gasteiger partial charge in [-0.3, -0.25) is 0 Å². The lowest BCUT2D eigenvalue weighted by Crippen LogP contribution is -1.92. The van der Waals surface area contributed by atoms with Crippen LogP contribution in [0.5, 0.6) is 0 Å². The molecule has 2 heteroatoms. The first-order chi connectivity index (χ1) is 8.75. The van der Waals surface area contributed by atoms with Crippen molar-refractivity contribution in [2.24, 2.45) is 0 Å². The molecular formula is C16H16Br2. The lowest BCUT2D eigenvalue weighted by Gasteiger charge is -2.10. The van der Waals surface area contributed by atoms with Gasteiger partial charge in [-0.05, 0) is 42.5 Å². The van der Waals surface area contributed by atoms with Crippen LogP contribution in [0, 0.1) is 0 Å². The van der Waals surface area contributed by atoms with Crippen molar-refractivity contribution in [3.8, 4) is 0 Å². The molecule has 0 aliphatic heterocycles. The van der Waals surface area contributed by atoms with E-state index in [-0.39, 0.29) is 0 Å². The van der Waals surface area contributed by atoms with Crippen LogP contribution in [0.1, 0.15) is 28.8 Å². The maximum Gasteiger partial charge on any atom is 0.0395 e. The van der Waals surface area contributed by atoms with E-state index in [1.54, 1.807) is 0 Å². The van der Waals surface area contributed by atoms with Gasteiger partial charge in [0, 0.05) is 9.30 Å². The number of benzene rings is 2. The van der Waals surface area contributed by atoms with Crippen molar-refractivity contribution in [2.75, 3.05) is 0 Å². The molecule has 0 N–H and O–H groups in total. The number of aryl methyl sites for hydroxylation is 1. The Labute approximate surface area is 126 Å². The molecule has 0 spiro atoms. The van der Waals surface area contributed by atoms with Gasteiger partial charge in [0.05, 0.1) is 0 Å². The molecule has 0 aliphatic carbocycles. The SMILES string of the molecule is Brc1cccc(CCCC(Br)c2ccccc2)c1. The lowest BCUT2D eigenvalue weighted by molar-refractivity contribution is 0.729. The number of rotatable bonds is 5. The molecule has 0 radical (unpaired) electrons. The predicted octanol–water partition coefficient (Wildman–Crippen LogP) is 5.91. The molecule has 2 aromatic rings. The fourth-order valence-electron chi connectivity index (χ4n) is 2.01. The van der Waals surface area contributed by atoms with Gasteiger partial charge >= 0.3 is 0 Å². The maximum absolute atomic E-state index is 3.76. The summed E-state index contributed by atoms with van der Waals surface area (Å²) in [5, 5.41) is 0. The topological polar surface area (TPSA) is 0 Å². The van der Waals surface area contributed by atoms with E-state index in [1.807, 2.05) is 0 Å². The highest BCUT2D eigenvalue weighted by Gasteiger charge is 2.06. The Bertz CT molecular complexity index is 479. The fourth-order valence-corrected chi connectivity index (χ4v) is 3.08. The van der Waals surface area contributed by atoms with Crippen LogP contribution in [0.4, 0.5) is 0 Å². The summed E-state index contributed by atoms with van der Waals surface area (Å²) >= 11 is 7.28. The van der Waals surface area contributed by atoms with Gasteiger partial charge < -0.3 is 0 Å². The van der Waals surface area contributed by atoms with Crippen LogP contribution in [-0.2, 0) is 6.42 Å². The molecule has 94 valence electrons. The molecule has 0 aromatic heterocycles.